The van der Waals surface area contributed by atoms with Crippen LogP contribution in [0.25, 0.3) is 0 Å². The Bertz CT molecular complexity index is 842. The van der Waals surface area contributed by atoms with Gasteiger partial charge in [0.15, 0.2) is 6.10 Å². The lowest BCUT2D eigenvalue weighted by molar-refractivity contribution is -0.123. The fraction of sp³-hybridized carbons (Fsp3) is 0.167. The number of nitrogens with one attached hydrogen (secondary N) is 1. The molecule has 1 amide bonds. The zero-order valence-corrected chi connectivity index (χ0v) is 13.6. The van der Waals surface area contributed by atoms with Crippen molar-refractivity contribution < 1.29 is 24.2 Å². The molecule has 0 aromatic heterocycles. The summed E-state index contributed by atoms with van der Waals surface area (Å²) in [5.41, 5.74) is 0.533. The standard InChI is InChI=1S/C18H16N2O5/c1-11(17(22)20-15-6-4-3-5-12(15)10-19)25-18(23)14-8-7-13(24-2)9-16(14)21/h3-9,11,21H,1-2H3,(H,20,22)/t11-/m1/s1. The molecule has 0 aliphatic carbocycles. The first-order chi connectivity index (χ1) is 12.0. The zero-order valence-electron chi connectivity index (χ0n) is 13.6. The first-order valence-corrected chi connectivity index (χ1v) is 7.34. The smallest absolute Gasteiger partial charge is 0.342 e. The molecule has 0 saturated heterocycles. The normalized spacial score (nSPS) is 11.1. The van der Waals surface area contributed by atoms with E-state index < -0.39 is 18.0 Å². The van der Waals surface area contributed by atoms with E-state index in [0.29, 0.717) is 17.0 Å². The van der Waals surface area contributed by atoms with E-state index in [-0.39, 0.29) is 11.3 Å². The monoisotopic (exact) mass is 340 g/mol. The minimum absolute atomic E-state index is 0.0853. The third-order valence-electron chi connectivity index (χ3n) is 3.38. The molecule has 0 aliphatic rings. The van der Waals surface area contributed by atoms with Crippen molar-refractivity contribution in [1.29, 1.82) is 5.26 Å². The lowest BCUT2D eigenvalue weighted by Gasteiger charge is -2.14. The minimum atomic E-state index is -1.12. The van der Waals surface area contributed by atoms with Crippen LogP contribution in [0.3, 0.4) is 0 Å². The van der Waals surface area contributed by atoms with Crippen molar-refractivity contribution in [3.8, 4) is 17.6 Å². The molecule has 0 radical (unpaired) electrons. The Hall–Kier alpha value is -3.53. The number of phenols is 1. The van der Waals surface area contributed by atoms with Gasteiger partial charge in [-0.15, -0.1) is 0 Å². The largest absolute Gasteiger partial charge is 0.507 e. The van der Waals surface area contributed by atoms with Crippen LogP contribution in [0.15, 0.2) is 42.5 Å². The SMILES string of the molecule is COc1ccc(C(=O)O[C@H](C)C(=O)Nc2ccccc2C#N)c(O)c1. The number of carbonyl (C=O) groups excluding carboxylic acids is 2. The summed E-state index contributed by atoms with van der Waals surface area (Å²) in [7, 11) is 1.43. The molecule has 0 bridgehead atoms. The van der Waals surface area contributed by atoms with E-state index in [9.17, 15) is 14.7 Å². The second-order valence-corrected chi connectivity index (χ2v) is 5.08. The van der Waals surface area contributed by atoms with Gasteiger partial charge in [-0.1, -0.05) is 12.1 Å². The van der Waals surface area contributed by atoms with Crippen LogP contribution >= 0.6 is 0 Å². The Morgan fingerprint density at radius 2 is 1.96 bits per heavy atom. The molecule has 7 heteroatoms. The third-order valence-corrected chi connectivity index (χ3v) is 3.38. The number of esters is 1. The molecule has 2 N–H and O–H groups in total. The highest BCUT2D eigenvalue weighted by molar-refractivity contribution is 5.98. The van der Waals surface area contributed by atoms with Gasteiger partial charge < -0.3 is 19.9 Å². The second kappa shape index (κ2) is 7.84. The summed E-state index contributed by atoms with van der Waals surface area (Å²) in [6.45, 7) is 1.39. The predicted octanol–water partition coefficient (Wildman–Crippen LogP) is 2.46. The fourth-order valence-corrected chi connectivity index (χ4v) is 2.01. The van der Waals surface area contributed by atoms with Crippen molar-refractivity contribution in [2.75, 3.05) is 12.4 Å². The van der Waals surface area contributed by atoms with Crippen molar-refractivity contribution in [1.82, 2.24) is 0 Å². The molecule has 128 valence electrons. The Balaban J connectivity index is 2.06. The van der Waals surface area contributed by atoms with Crippen LogP contribution < -0.4 is 10.1 Å². The van der Waals surface area contributed by atoms with Crippen LogP contribution in [0.5, 0.6) is 11.5 Å². The number of carbonyl (C=O) groups is 2. The van der Waals surface area contributed by atoms with Gasteiger partial charge in [0, 0.05) is 6.07 Å². The van der Waals surface area contributed by atoms with E-state index in [1.807, 2.05) is 6.07 Å². The molecule has 1 atom stereocenters. The van der Waals surface area contributed by atoms with Gasteiger partial charge in [-0.3, -0.25) is 4.79 Å². The topological polar surface area (TPSA) is 109 Å². The van der Waals surface area contributed by atoms with Crippen LogP contribution in [-0.4, -0.2) is 30.2 Å². The van der Waals surface area contributed by atoms with Crippen LogP contribution in [0.1, 0.15) is 22.8 Å². The van der Waals surface area contributed by atoms with Crippen LogP contribution in [0.2, 0.25) is 0 Å². The summed E-state index contributed by atoms with van der Waals surface area (Å²) >= 11 is 0. The molecular formula is C18H16N2O5. The summed E-state index contributed by atoms with van der Waals surface area (Å²) in [6, 6.07) is 12.5. The number of methoxy groups -OCH3 is 1. The molecule has 7 nitrogen and oxygen atoms in total. The first-order valence-electron chi connectivity index (χ1n) is 7.34. The number of amides is 1. The van der Waals surface area contributed by atoms with Crippen LogP contribution in [-0.2, 0) is 9.53 Å². The van der Waals surface area contributed by atoms with Gasteiger partial charge in [0.2, 0.25) is 0 Å². The van der Waals surface area contributed by atoms with Gasteiger partial charge in [0.05, 0.1) is 18.4 Å². The Labute approximate surface area is 144 Å². The van der Waals surface area contributed by atoms with Gasteiger partial charge in [-0.05, 0) is 31.2 Å². The number of anilines is 1. The van der Waals surface area contributed by atoms with Crippen LogP contribution in [0.4, 0.5) is 5.69 Å². The Kier molecular flexibility index (Phi) is 5.58. The third kappa shape index (κ3) is 4.26. The Morgan fingerprint density at radius 3 is 2.60 bits per heavy atom. The lowest BCUT2D eigenvalue weighted by atomic mass is 10.2. The van der Waals surface area contributed by atoms with Gasteiger partial charge >= 0.3 is 5.97 Å². The summed E-state index contributed by atoms with van der Waals surface area (Å²) in [6.07, 6.45) is -1.12. The minimum Gasteiger partial charge on any atom is -0.507 e. The number of ether oxygens (including phenoxy) is 2. The molecule has 25 heavy (non-hydrogen) atoms. The molecule has 0 spiro atoms. The number of aromatic hydroxyl groups is 1. The van der Waals surface area contributed by atoms with E-state index in [1.54, 1.807) is 24.3 Å². The number of phenolic OH excluding ortho intramolecular Hbond substituents is 1. The lowest BCUT2D eigenvalue weighted by Crippen LogP contribution is -2.30. The molecule has 0 saturated carbocycles. The highest BCUT2D eigenvalue weighted by Crippen LogP contribution is 2.24. The first kappa shape index (κ1) is 17.8. The molecule has 0 heterocycles. The Morgan fingerprint density at radius 1 is 1.24 bits per heavy atom. The highest BCUT2D eigenvalue weighted by Gasteiger charge is 2.22. The predicted molar refractivity (Wildman–Crippen MR) is 89.3 cm³/mol. The second-order valence-electron chi connectivity index (χ2n) is 5.08. The zero-order chi connectivity index (χ0) is 18.4. The van der Waals surface area contributed by atoms with E-state index >= 15 is 0 Å². The quantitative estimate of drug-likeness (QED) is 0.809. The van der Waals surface area contributed by atoms with E-state index in [0.717, 1.165) is 0 Å². The van der Waals surface area contributed by atoms with Gasteiger partial charge in [-0.25, -0.2) is 4.79 Å². The molecule has 2 aromatic carbocycles. The van der Waals surface area contributed by atoms with Gasteiger partial charge in [0.25, 0.3) is 5.91 Å². The molecular weight excluding hydrogens is 324 g/mol. The van der Waals surface area contributed by atoms with Crippen molar-refractivity contribution in [2.24, 2.45) is 0 Å². The number of hydrogen-bond donors (Lipinski definition) is 2. The summed E-state index contributed by atoms with van der Waals surface area (Å²) in [5, 5.41) is 21.4. The molecule has 2 aromatic rings. The van der Waals surface area contributed by atoms with E-state index in [4.69, 9.17) is 14.7 Å². The number of rotatable bonds is 5. The molecule has 0 fully saturated rings. The van der Waals surface area contributed by atoms with Crippen molar-refractivity contribution >= 4 is 17.6 Å². The average Bonchev–Trinajstić information content (AvgIpc) is 2.61. The fourth-order valence-electron chi connectivity index (χ4n) is 2.01. The van der Waals surface area contributed by atoms with Crippen molar-refractivity contribution in [3.05, 3.63) is 53.6 Å². The summed E-state index contributed by atoms with van der Waals surface area (Å²) in [4.78, 5) is 24.3. The number of para-hydroxylation sites is 1. The summed E-state index contributed by atoms with van der Waals surface area (Å²) < 4.78 is 10.00. The number of benzene rings is 2. The molecule has 0 aliphatic heterocycles. The van der Waals surface area contributed by atoms with Crippen LogP contribution in [0, 0.1) is 11.3 Å². The van der Waals surface area contributed by atoms with Gasteiger partial charge in [-0.2, -0.15) is 5.26 Å². The maximum atomic E-state index is 12.2. The number of nitriles is 1. The highest BCUT2D eigenvalue weighted by atomic mass is 16.5. The van der Waals surface area contributed by atoms with E-state index in [2.05, 4.69) is 5.32 Å². The molecule has 2 rings (SSSR count). The van der Waals surface area contributed by atoms with E-state index in [1.165, 1.54) is 32.2 Å². The van der Waals surface area contributed by atoms with Crippen molar-refractivity contribution in [3.63, 3.8) is 0 Å². The van der Waals surface area contributed by atoms with Gasteiger partial charge in [0.1, 0.15) is 23.1 Å². The maximum Gasteiger partial charge on any atom is 0.342 e. The maximum absolute atomic E-state index is 12.2. The number of nitrogens with zero attached hydrogens (tertiary/aromatic N) is 1. The number of hydrogen-bond acceptors (Lipinski definition) is 6. The van der Waals surface area contributed by atoms with Crippen molar-refractivity contribution in [2.45, 2.75) is 13.0 Å². The average molecular weight is 340 g/mol. The molecule has 0 unspecified atom stereocenters. The summed E-state index contributed by atoms with van der Waals surface area (Å²) in [5.74, 6) is -1.37.